The molecule has 6 heteroatoms. The minimum atomic E-state index is -2.04. The first-order valence-electron chi connectivity index (χ1n) is 7.89. The second-order valence-corrected chi connectivity index (χ2v) is 7.28. The summed E-state index contributed by atoms with van der Waals surface area (Å²) in [7, 11) is 0. The molecule has 1 amide bonds. The number of hydrogen-bond acceptors (Lipinski definition) is 3. The van der Waals surface area contributed by atoms with Crippen molar-refractivity contribution in [1.29, 1.82) is 0 Å². The Hall–Kier alpha value is -1.88. The van der Waals surface area contributed by atoms with Gasteiger partial charge < -0.3 is 10.4 Å². The second-order valence-electron chi connectivity index (χ2n) is 6.47. The number of nitrogens with one attached hydrogen (secondary N) is 1. The highest BCUT2D eigenvalue weighted by atomic mass is 35.5. The van der Waals surface area contributed by atoms with Gasteiger partial charge in [-0.25, -0.2) is 0 Å². The number of rotatable bonds is 4. The lowest BCUT2D eigenvalue weighted by atomic mass is 9.87. The molecular formula is C19H17Cl2NO3. The van der Waals surface area contributed by atoms with E-state index in [1.807, 2.05) is 12.1 Å². The van der Waals surface area contributed by atoms with Crippen LogP contribution in [0.2, 0.25) is 10.0 Å². The molecule has 130 valence electrons. The topological polar surface area (TPSA) is 66.4 Å². The predicted molar refractivity (Wildman–Crippen MR) is 98.5 cm³/mol. The van der Waals surface area contributed by atoms with Crippen LogP contribution in [0, 0.1) is 0 Å². The molecule has 4 nitrogen and oxygen atoms in total. The van der Waals surface area contributed by atoms with Gasteiger partial charge in [0.25, 0.3) is 5.91 Å². The van der Waals surface area contributed by atoms with Crippen molar-refractivity contribution in [1.82, 2.24) is 0 Å². The molecule has 1 aliphatic heterocycles. The fourth-order valence-corrected chi connectivity index (χ4v) is 3.48. The Morgan fingerprint density at radius 3 is 2.32 bits per heavy atom. The third kappa shape index (κ3) is 3.06. The summed E-state index contributed by atoms with van der Waals surface area (Å²) < 4.78 is 0. The molecule has 3 rings (SSSR count). The van der Waals surface area contributed by atoms with Gasteiger partial charge in [0.1, 0.15) is 0 Å². The summed E-state index contributed by atoms with van der Waals surface area (Å²) in [6.45, 7) is 4.12. The summed E-state index contributed by atoms with van der Waals surface area (Å²) >= 11 is 12.2. The fraction of sp³-hybridized carbons (Fsp3) is 0.263. The van der Waals surface area contributed by atoms with Crippen LogP contribution in [0.4, 0.5) is 5.69 Å². The quantitative estimate of drug-likeness (QED) is 0.769. The van der Waals surface area contributed by atoms with Crippen LogP contribution in [0.3, 0.4) is 0 Å². The Balaban J connectivity index is 1.94. The van der Waals surface area contributed by atoms with Gasteiger partial charge in [0.2, 0.25) is 0 Å². The molecule has 1 heterocycles. The lowest BCUT2D eigenvalue weighted by molar-refractivity contribution is -0.133. The minimum absolute atomic E-state index is 0.152. The molecule has 0 unspecified atom stereocenters. The zero-order chi connectivity index (χ0) is 18.4. The highest BCUT2D eigenvalue weighted by molar-refractivity contribution is 6.38. The molecule has 2 N–H and O–H groups in total. The first-order chi connectivity index (χ1) is 11.7. The van der Waals surface area contributed by atoms with E-state index in [1.165, 1.54) is 12.1 Å². The van der Waals surface area contributed by atoms with Gasteiger partial charge >= 0.3 is 0 Å². The summed E-state index contributed by atoms with van der Waals surface area (Å²) in [5, 5.41) is 13.9. The van der Waals surface area contributed by atoms with E-state index in [-0.39, 0.29) is 27.1 Å². The number of anilines is 1. The van der Waals surface area contributed by atoms with Gasteiger partial charge in [0.05, 0.1) is 17.1 Å². The fourth-order valence-electron chi connectivity index (χ4n) is 2.97. The average Bonchev–Trinajstić information content (AvgIpc) is 2.83. The molecule has 0 aliphatic carbocycles. The van der Waals surface area contributed by atoms with E-state index in [1.54, 1.807) is 12.1 Å². The van der Waals surface area contributed by atoms with Gasteiger partial charge in [-0.05, 0) is 23.6 Å². The van der Waals surface area contributed by atoms with Crippen molar-refractivity contribution in [2.75, 3.05) is 5.32 Å². The molecular weight excluding hydrogens is 361 g/mol. The zero-order valence-electron chi connectivity index (χ0n) is 13.8. The largest absolute Gasteiger partial charge is 0.375 e. The third-order valence-electron chi connectivity index (χ3n) is 4.45. The van der Waals surface area contributed by atoms with E-state index in [0.29, 0.717) is 11.5 Å². The van der Waals surface area contributed by atoms with Crippen molar-refractivity contribution >= 4 is 40.6 Å². The number of fused-ring (bicyclic) bond motifs is 1. The van der Waals surface area contributed by atoms with Crippen LogP contribution in [-0.4, -0.2) is 16.8 Å². The molecule has 1 aliphatic rings. The Bertz CT molecular complexity index is 862. The van der Waals surface area contributed by atoms with E-state index in [4.69, 9.17) is 23.2 Å². The Morgan fingerprint density at radius 1 is 1.12 bits per heavy atom. The first-order valence-corrected chi connectivity index (χ1v) is 8.65. The Kier molecular flexibility index (Phi) is 4.62. The van der Waals surface area contributed by atoms with Gasteiger partial charge in [-0.2, -0.15) is 0 Å². The number of carbonyl (C=O) groups is 2. The lowest BCUT2D eigenvalue weighted by Crippen LogP contribution is -2.36. The van der Waals surface area contributed by atoms with Crippen molar-refractivity contribution < 1.29 is 14.7 Å². The van der Waals surface area contributed by atoms with Crippen molar-refractivity contribution in [3.8, 4) is 0 Å². The third-order valence-corrected chi connectivity index (χ3v) is 5.08. The standard InChI is InChI=1S/C19H17Cl2NO3/c1-10(2)11-3-5-12(6-4-11)15(23)9-19(25)16-13(20)7-8-14(21)17(16)22-18(19)24/h3-8,10,25H,9H2,1-2H3,(H,22,24)/t19-/m1/s1. The van der Waals surface area contributed by atoms with Gasteiger partial charge in [0.15, 0.2) is 11.4 Å². The number of benzene rings is 2. The van der Waals surface area contributed by atoms with E-state index in [0.717, 1.165) is 5.56 Å². The maximum absolute atomic E-state index is 12.6. The number of aliphatic hydroxyl groups is 1. The van der Waals surface area contributed by atoms with Crippen molar-refractivity contribution in [2.45, 2.75) is 31.8 Å². The smallest absolute Gasteiger partial charge is 0.261 e. The zero-order valence-corrected chi connectivity index (χ0v) is 15.3. The summed E-state index contributed by atoms with van der Waals surface area (Å²) in [6.07, 6.45) is -0.410. The van der Waals surface area contributed by atoms with Gasteiger partial charge in [-0.15, -0.1) is 0 Å². The Labute approximate surface area is 155 Å². The van der Waals surface area contributed by atoms with Crippen LogP contribution < -0.4 is 5.32 Å². The van der Waals surface area contributed by atoms with Crippen LogP contribution in [0.5, 0.6) is 0 Å². The number of Topliss-reactive ketones (excluding diaryl/α,β-unsaturated/α-hetero) is 1. The molecule has 0 bridgehead atoms. The molecule has 0 spiro atoms. The second kappa shape index (κ2) is 6.45. The van der Waals surface area contributed by atoms with Crippen LogP contribution in [0.1, 0.15) is 47.7 Å². The highest BCUT2D eigenvalue weighted by Crippen LogP contribution is 2.46. The molecule has 25 heavy (non-hydrogen) atoms. The molecule has 0 saturated heterocycles. The number of halogens is 2. The maximum Gasteiger partial charge on any atom is 0.261 e. The maximum atomic E-state index is 12.6. The van der Waals surface area contributed by atoms with Gasteiger partial charge in [0, 0.05) is 16.1 Å². The van der Waals surface area contributed by atoms with E-state index < -0.39 is 17.9 Å². The van der Waals surface area contributed by atoms with Crippen LogP contribution in [-0.2, 0) is 10.4 Å². The molecule has 1 atom stereocenters. The molecule has 0 aromatic heterocycles. The highest BCUT2D eigenvalue weighted by Gasteiger charge is 2.49. The molecule has 0 saturated carbocycles. The predicted octanol–water partition coefficient (Wildman–Crippen LogP) is 4.53. The van der Waals surface area contributed by atoms with Gasteiger partial charge in [-0.3, -0.25) is 9.59 Å². The number of ketones is 1. The molecule has 2 aromatic carbocycles. The normalized spacial score (nSPS) is 19.0. The van der Waals surface area contributed by atoms with Gasteiger partial charge in [-0.1, -0.05) is 61.3 Å². The number of amides is 1. The van der Waals surface area contributed by atoms with Crippen LogP contribution in [0.25, 0.3) is 0 Å². The van der Waals surface area contributed by atoms with Crippen molar-refractivity contribution in [3.63, 3.8) is 0 Å². The average molecular weight is 378 g/mol. The lowest BCUT2D eigenvalue weighted by Gasteiger charge is -2.21. The summed E-state index contributed by atoms with van der Waals surface area (Å²) in [5.41, 5.74) is -0.0970. The summed E-state index contributed by atoms with van der Waals surface area (Å²) in [4.78, 5) is 25.0. The minimum Gasteiger partial charge on any atom is -0.375 e. The SMILES string of the molecule is CC(C)c1ccc(C(=O)C[C@]2(O)C(=O)Nc3c(Cl)ccc(Cl)c32)cc1. The number of hydrogen-bond donors (Lipinski definition) is 2. The van der Waals surface area contributed by atoms with Crippen molar-refractivity contribution in [3.05, 3.63) is 63.1 Å². The van der Waals surface area contributed by atoms with Crippen LogP contribution >= 0.6 is 23.2 Å². The molecule has 0 fully saturated rings. The number of carbonyl (C=O) groups excluding carboxylic acids is 2. The monoisotopic (exact) mass is 377 g/mol. The summed E-state index contributed by atoms with van der Waals surface area (Å²) in [6, 6.07) is 10.2. The van der Waals surface area contributed by atoms with E-state index in [9.17, 15) is 14.7 Å². The van der Waals surface area contributed by atoms with E-state index in [2.05, 4.69) is 19.2 Å². The van der Waals surface area contributed by atoms with Crippen LogP contribution in [0.15, 0.2) is 36.4 Å². The molecule has 2 aromatic rings. The first kappa shape index (κ1) is 17.9. The van der Waals surface area contributed by atoms with Crippen molar-refractivity contribution in [2.24, 2.45) is 0 Å². The Morgan fingerprint density at radius 2 is 1.72 bits per heavy atom. The van der Waals surface area contributed by atoms with E-state index >= 15 is 0 Å². The molecule has 0 radical (unpaired) electrons. The summed E-state index contributed by atoms with van der Waals surface area (Å²) in [5.74, 6) is -0.705.